The molecule has 9 heteroatoms. The van der Waals surface area contributed by atoms with Crippen molar-refractivity contribution in [2.24, 2.45) is 0 Å². The molecule has 0 radical (unpaired) electrons. The molecular weight excluding hydrogens is 376 g/mol. The van der Waals surface area contributed by atoms with Crippen molar-refractivity contribution in [2.45, 2.75) is 50.6 Å². The summed E-state index contributed by atoms with van der Waals surface area (Å²) >= 11 is 0. The van der Waals surface area contributed by atoms with Crippen LogP contribution in [0.15, 0.2) is 29.2 Å². The lowest BCUT2D eigenvalue weighted by atomic mass is 10.2. The molecule has 1 aliphatic heterocycles. The van der Waals surface area contributed by atoms with Crippen LogP contribution in [0.4, 0.5) is 0 Å². The number of hydrogen-bond acceptors (Lipinski definition) is 8. The number of aryl methyl sites for hydroxylation is 1. The fourth-order valence-corrected chi connectivity index (χ4v) is 3.46. The van der Waals surface area contributed by atoms with Crippen molar-refractivity contribution in [3.05, 3.63) is 29.8 Å². The fraction of sp³-hybridized carbons (Fsp3) is 0.611. The van der Waals surface area contributed by atoms with Gasteiger partial charge in [0, 0.05) is 0 Å². The van der Waals surface area contributed by atoms with Gasteiger partial charge in [0.05, 0.1) is 31.3 Å². The van der Waals surface area contributed by atoms with Crippen molar-refractivity contribution in [3.8, 4) is 0 Å². The van der Waals surface area contributed by atoms with Gasteiger partial charge in [-0.1, -0.05) is 17.7 Å². The zero-order chi connectivity index (χ0) is 20.1. The molecule has 2 rings (SSSR count). The van der Waals surface area contributed by atoms with Gasteiger partial charge in [-0.3, -0.25) is 0 Å². The van der Waals surface area contributed by atoms with Crippen LogP contribution in [0.25, 0.3) is 0 Å². The summed E-state index contributed by atoms with van der Waals surface area (Å²) in [5, 5.41) is 0. The van der Waals surface area contributed by atoms with E-state index in [0.717, 1.165) is 5.56 Å². The lowest BCUT2D eigenvalue weighted by Crippen LogP contribution is -2.35. The van der Waals surface area contributed by atoms with Crippen molar-refractivity contribution in [3.63, 3.8) is 0 Å². The van der Waals surface area contributed by atoms with Crippen molar-refractivity contribution in [1.29, 1.82) is 0 Å². The van der Waals surface area contributed by atoms with Crippen LogP contribution in [0.3, 0.4) is 0 Å². The lowest BCUT2D eigenvalue weighted by molar-refractivity contribution is -0.158. The summed E-state index contributed by atoms with van der Waals surface area (Å²) in [6.45, 7) is 7.31. The van der Waals surface area contributed by atoms with E-state index in [1.165, 1.54) is 12.1 Å². The SMILES string of the molecule is CCOC(=O)C(COC[C@H]1COC(C)(C)O1)OS(=O)(=O)c1ccc(C)cc1. The Hall–Kier alpha value is -1.52. The van der Waals surface area contributed by atoms with Crippen LogP contribution >= 0.6 is 0 Å². The Morgan fingerprint density at radius 2 is 1.96 bits per heavy atom. The topological polar surface area (TPSA) is 97.4 Å². The van der Waals surface area contributed by atoms with E-state index in [1.807, 2.05) is 6.92 Å². The summed E-state index contributed by atoms with van der Waals surface area (Å²) in [5.74, 6) is -1.50. The first-order valence-corrected chi connectivity index (χ1v) is 10.1. The molecule has 27 heavy (non-hydrogen) atoms. The third-order valence-corrected chi connectivity index (χ3v) is 5.08. The number of carbonyl (C=O) groups is 1. The van der Waals surface area contributed by atoms with Gasteiger partial charge in [-0.25, -0.2) is 8.98 Å². The van der Waals surface area contributed by atoms with Gasteiger partial charge < -0.3 is 18.9 Å². The minimum atomic E-state index is -4.14. The first kappa shape index (κ1) is 21.8. The number of carbonyl (C=O) groups excluding carboxylic acids is 1. The number of hydrogen-bond donors (Lipinski definition) is 0. The van der Waals surface area contributed by atoms with Gasteiger partial charge in [-0.2, -0.15) is 8.42 Å². The minimum Gasteiger partial charge on any atom is -0.464 e. The van der Waals surface area contributed by atoms with Crippen molar-refractivity contribution in [1.82, 2.24) is 0 Å². The van der Waals surface area contributed by atoms with Crippen molar-refractivity contribution in [2.75, 3.05) is 26.4 Å². The lowest BCUT2D eigenvalue weighted by Gasteiger charge is -2.19. The molecule has 1 aromatic carbocycles. The van der Waals surface area contributed by atoms with Gasteiger partial charge in [-0.15, -0.1) is 0 Å². The largest absolute Gasteiger partial charge is 0.464 e. The van der Waals surface area contributed by atoms with E-state index >= 15 is 0 Å². The Morgan fingerprint density at radius 1 is 1.30 bits per heavy atom. The third kappa shape index (κ3) is 6.54. The zero-order valence-electron chi connectivity index (χ0n) is 16.0. The monoisotopic (exact) mass is 402 g/mol. The molecule has 0 amide bonds. The third-order valence-electron chi connectivity index (χ3n) is 3.74. The summed E-state index contributed by atoms with van der Waals surface area (Å²) in [6, 6.07) is 6.12. The predicted octanol–water partition coefficient (Wildman–Crippen LogP) is 1.80. The van der Waals surface area contributed by atoms with E-state index in [4.69, 9.17) is 23.1 Å². The second-order valence-corrected chi connectivity index (χ2v) is 8.16. The standard InChI is InChI=1S/C18H26O8S/c1-5-23-17(19)16(12-22-10-14-11-24-18(3,4)25-14)26-27(20,21)15-8-6-13(2)7-9-15/h6-9,14,16H,5,10-12H2,1-4H3/t14-,16?/m0/s1. The summed E-state index contributed by atoms with van der Waals surface area (Å²) < 4.78 is 51.3. The van der Waals surface area contributed by atoms with Gasteiger partial charge in [0.25, 0.3) is 10.1 Å². The van der Waals surface area contributed by atoms with E-state index in [1.54, 1.807) is 32.9 Å². The quantitative estimate of drug-likeness (QED) is 0.456. The normalized spacial score (nSPS) is 20.4. The molecule has 0 spiro atoms. The molecule has 1 aliphatic rings. The van der Waals surface area contributed by atoms with Crippen LogP contribution in [0.5, 0.6) is 0 Å². The summed E-state index contributed by atoms with van der Waals surface area (Å²) in [5.41, 5.74) is 0.904. The Morgan fingerprint density at radius 3 is 2.52 bits per heavy atom. The molecule has 2 atom stereocenters. The second-order valence-electron chi connectivity index (χ2n) is 6.59. The smallest absolute Gasteiger partial charge is 0.339 e. The van der Waals surface area contributed by atoms with Gasteiger partial charge >= 0.3 is 5.97 Å². The molecule has 8 nitrogen and oxygen atoms in total. The number of ether oxygens (including phenoxy) is 4. The summed E-state index contributed by atoms with van der Waals surface area (Å²) in [7, 11) is -4.14. The molecular formula is C18H26O8S. The number of benzene rings is 1. The minimum absolute atomic E-state index is 0.0447. The molecule has 152 valence electrons. The van der Waals surface area contributed by atoms with Crippen LogP contribution in [-0.2, 0) is 38.0 Å². The van der Waals surface area contributed by atoms with E-state index < -0.39 is 28.0 Å². The molecule has 0 N–H and O–H groups in total. The summed E-state index contributed by atoms with van der Waals surface area (Å²) in [4.78, 5) is 12.0. The maximum Gasteiger partial charge on any atom is 0.339 e. The van der Waals surface area contributed by atoms with Crippen molar-refractivity contribution >= 4 is 16.1 Å². The molecule has 0 bridgehead atoms. The maximum atomic E-state index is 12.4. The molecule has 1 fully saturated rings. The highest BCUT2D eigenvalue weighted by Crippen LogP contribution is 2.22. The Kier molecular flexibility index (Phi) is 7.35. The number of rotatable bonds is 9. The molecule has 0 saturated carbocycles. The van der Waals surface area contributed by atoms with Crippen LogP contribution in [0.1, 0.15) is 26.3 Å². The van der Waals surface area contributed by atoms with Crippen LogP contribution in [0.2, 0.25) is 0 Å². The van der Waals surface area contributed by atoms with Gasteiger partial charge in [0.15, 0.2) is 11.9 Å². The average molecular weight is 402 g/mol. The second kappa shape index (κ2) is 9.11. The fourth-order valence-electron chi connectivity index (χ4n) is 2.44. The predicted molar refractivity (Wildman–Crippen MR) is 95.6 cm³/mol. The van der Waals surface area contributed by atoms with Crippen molar-refractivity contribution < 1.29 is 36.3 Å². The first-order chi connectivity index (χ1) is 12.6. The number of esters is 1. The Balaban J connectivity index is 1.99. The average Bonchev–Trinajstić information content (AvgIpc) is 2.93. The summed E-state index contributed by atoms with van der Waals surface area (Å²) in [6.07, 6.45) is -1.72. The maximum absolute atomic E-state index is 12.4. The molecule has 0 aromatic heterocycles. The molecule has 1 heterocycles. The van der Waals surface area contributed by atoms with E-state index in [-0.39, 0.29) is 30.8 Å². The van der Waals surface area contributed by atoms with Gasteiger partial charge in [0.1, 0.15) is 6.10 Å². The van der Waals surface area contributed by atoms with E-state index in [2.05, 4.69) is 0 Å². The van der Waals surface area contributed by atoms with Crippen LogP contribution in [0, 0.1) is 6.92 Å². The Bertz CT molecular complexity index is 726. The highest BCUT2D eigenvalue weighted by Gasteiger charge is 2.34. The molecule has 1 unspecified atom stereocenters. The van der Waals surface area contributed by atoms with E-state index in [9.17, 15) is 13.2 Å². The highest BCUT2D eigenvalue weighted by molar-refractivity contribution is 7.86. The first-order valence-electron chi connectivity index (χ1n) is 8.69. The van der Waals surface area contributed by atoms with Crippen LogP contribution in [-0.4, -0.2) is 58.8 Å². The molecule has 0 aliphatic carbocycles. The van der Waals surface area contributed by atoms with Gasteiger partial charge in [-0.05, 0) is 39.8 Å². The van der Waals surface area contributed by atoms with Gasteiger partial charge in [0.2, 0.25) is 0 Å². The van der Waals surface area contributed by atoms with E-state index in [0.29, 0.717) is 6.61 Å². The Labute approximate surface area is 159 Å². The zero-order valence-corrected chi connectivity index (χ0v) is 16.8. The highest BCUT2D eigenvalue weighted by atomic mass is 32.2. The molecule has 1 aromatic rings. The molecule has 1 saturated heterocycles. The van der Waals surface area contributed by atoms with Crippen LogP contribution < -0.4 is 0 Å².